The van der Waals surface area contributed by atoms with Gasteiger partial charge in [0.15, 0.2) is 0 Å². The van der Waals surface area contributed by atoms with Crippen molar-refractivity contribution >= 4 is 33.2 Å². The first-order valence-electron chi connectivity index (χ1n) is 10.8. The smallest absolute Gasteiger partial charge is 0.243 e. The quantitative estimate of drug-likeness (QED) is 0.732. The Morgan fingerprint density at radius 3 is 2.39 bits per heavy atom. The number of hydrogen-bond donors (Lipinski definition) is 1. The number of hydrogen-bond acceptors (Lipinski definition) is 4. The van der Waals surface area contributed by atoms with E-state index in [1.54, 1.807) is 17.0 Å². The third kappa shape index (κ3) is 4.49. The minimum atomic E-state index is -3.76. The summed E-state index contributed by atoms with van der Waals surface area (Å²) in [7, 11) is -3.76. The SMILES string of the molecule is CC(=O)N1c2ccc(S(=O)(=O)N3CCC(C(=O)Nc4ccc(F)cc4F)CC3)cc2CC1C. The Bertz CT molecular complexity index is 1210. The number of benzene rings is 2. The van der Waals surface area contributed by atoms with E-state index < -0.39 is 33.5 Å². The molecule has 1 unspecified atom stereocenters. The molecule has 0 bridgehead atoms. The van der Waals surface area contributed by atoms with Gasteiger partial charge in [0.2, 0.25) is 21.8 Å². The predicted octanol–water partition coefficient (Wildman–Crippen LogP) is 3.30. The first-order valence-corrected chi connectivity index (χ1v) is 12.2. The minimum Gasteiger partial charge on any atom is -0.323 e. The summed E-state index contributed by atoms with van der Waals surface area (Å²) in [5.41, 5.74) is 1.44. The number of halogens is 2. The third-order valence-corrected chi connectivity index (χ3v) is 8.15. The van der Waals surface area contributed by atoms with Crippen molar-refractivity contribution < 1.29 is 26.8 Å². The van der Waals surface area contributed by atoms with E-state index in [1.165, 1.54) is 17.3 Å². The Hall–Kier alpha value is -2.85. The summed E-state index contributed by atoms with van der Waals surface area (Å²) < 4.78 is 54.6. The van der Waals surface area contributed by atoms with Gasteiger partial charge in [-0.1, -0.05) is 0 Å². The lowest BCUT2D eigenvalue weighted by Crippen LogP contribution is -2.41. The normalized spacial score (nSPS) is 19.4. The van der Waals surface area contributed by atoms with Crippen molar-refractivity contribution in [1.29, 1.82) is 0 Å². The van der Waals surface area contributed by atoms with Crippen LogP contribution in [0.1, 0.15) is 32.3 Å². The van der Waals surface area contributed by atoms with Gasteiger partial charge in [-0.05, 0) is 62.1 Å². The van der Waals surface area contributed by atoms with Gasteiger partial charge in [-0.25, -0.2) is 17.2 Å². The molecule has 33 heavy (non-hydrogen) atoms. The number of carbonyl (C=O) groups is 2. The number of carbonyl (C=O) groups excluding carboxylic acids is 2. The second-order valence-corrected chi connectivity index (χ2v) is 10.5. The molecule has 0 saturated carbocycles. The largest absolute Gasteiger partial charge is 0.323 e. The molecule has 0 aliphatic carbocycles. The Balaban J connectivity index is 1.43. The minimum absolute atomic E-state index is 0.0318. The summed E-state index contributed by atoms with van der Waals surface area (Å²) in [6, 6.07) is 7.68. The van der Waals surface area contributed by atoms with E-state index in [0.29, 0.717) is 12.5 Å². The number of amides is 2. The molecule has 2 aliphatic heterocycles. The first-order chi connectivity index (χ1) is 15.6. The van der Waals surface area contributed by atoms with Crippen molar-refractivity contribution in [1.82, 2.24) is 4.31 Å². The molecule has 1 atom stereocenters. The van der Waals surface area contributed by atoms with Gasteiger partial charge in [0, 0.05) is 43.7 Å². The second kappa shape index (κ2) is 8.83. The summed E-state index contributed by atoms with van der Waals surface area (Å²) in [4.78, 5) is 26.2. The lowest BCUT2D eigenvalue weighted by molar-refractivity contribution is -0.121. The van der Waals surface area contributed by atoms with Crippen LogP contribution in [0.3, 0.4) is 0 Å². The van der Waals surface area contributed by atoms with Gasteiger partial charge in [-0.2, -0.15) is 4.31 Å². The molecule has 1 fully saturated rings. The Kier molecular flexibility index (Phi) is 6.24. The zero-order chi connectivity index (χ0) is 23.9. The van der Waals surface area contributed by atoms with Crippen molar-refractivity contribution in [3.05, 3.63) is 53.6 Å². The fourth-order valence-corrected chi connectivity index (χ4v) is 6.10. The standard InChI is InChI=1S/C23H25F2N3O4S/c1-14-11-17-12-19(4-6-22(17)28(14)15(2)29)33(31,32)27-9-7-16(8-10-27)23(30)26-21-5-3-18(24)13-20(21)25/h3-6,12-14,16H,7-11H2,1-2H3,(H,26,30). The van der Waals surface area contributed by atoms with Crippen LogP contribution in [0.5, 0.6) is 0 Å². The molecular formula is C23H25F2N3O4S. The number of rotatable bonds is 4. The number of anilines is 2. The second-order valence-electron chi connectivity index (χ2n) is 8.52. The maximum absolute atomic E-state index is 13.8. The molecule has 2 amide bonds. The highest BCUT2D eigenvalue weighted by atomic mass is 32.2. The van der Waals surface area contributed by atoms with E-state index in [-0.39, 0.29) is 48.5 Å². The van der Waals surface area contributed by atoms with Crippen LogP contribution >= 0.6 is 0 Å². The van der Waals surface area contributed by atoms with Gasteiger partial charge in [0.25, 0.3) is 0 Å². The molecule has 2 aromatic carbocycles. The number of nitrogens with zero attached hydrogens (tertiary/aromatic N) is 2. The van der Waals surface area contributed by atoms with Crippen LogP contribution in [0, 0.1) is 17.6 Å². The van der Waals surface area contributed by atoms with E-state index in [2.05, 4.69) is 5.32 Å². The van der Waals surface area contributed by atoms with Crippen LogP contribution in [-0.4, -0.2) is 43.7 Å². The molecule has 0 radical (unpaired) electrons. The molecular weight excluding hydrogens is 452 g/mol. The number of nitrogens with one attached hydrogen (secondary N) is 1. The Labute approximate surface area is 191 Å². The molecule has 176 valence electrons. The van der Waals surface area contributed by atoms with Gasteiger partial charge >= 0.3 is 0 Å². The maximum Gasteiger partial charge on any atom is 0.243 e. The molecule has 1 N–H and O–H groups in total. The highest BCUT2D eigenvalue weighted by molar-refractivity contribution is 7.89. The van der Waals surface area contributed by atoms with Gasteiger partial charge in [-0.3, -0.25) is 9.59 Å². The Morgan fingerprint density at radius 1 is 1.06 bits per heavy atom. The molecule has 0 spiro atoms. The van der Waals surface area contributed by atoms with Crippen LogP contribution in [-0.2, 0) is 26.0 Å². The van der Waals surface area contributed by atoms with Crippen molar-refractivity contribution in [3.63, 3.8) is 0 Å². The zero-order valence-corrected chi connectivity index (χ0v) is 19.2. The van der Waals surface area contributed by atoms with Gasteiger partial charge in [0.05, 0.1) is 10.6 Å². The molecule has 0 aromatic heterocycles. The van der Waals surface area contributed by atoms with Crippen molar-refractivity contribution in [2.45, 2.75) is 44.0 Å². The fourth-order valence-electron chi connectivity index (χ4n) is 4.58. The topological polar surface area (TPSA) is 86.8 Å². The van der Waals surface area contributed by atoms with Crippen LogP contribution in [0.15, 0.2) is 41.3 Å². The average Bonchev–Trinajstić information content (AvgIpc) is 3.10. The average molecular weight is 478 g/mol. The molecule has 2 aliphatic rings. The number of sulfonamides is 1. The molecule has 7 nitrogen and oxygen atoms in total. The highest BCUT2D eigenvalue weighted by Gasteiger charge is 2.34. The molecule has 4 rings (SSSR count). The van der Waals surface area contributed by atoms with Gasteiger partial charge in [-0.15, -0.1) is 0 Å². The summed E-state index contributed by atoms with van der Waals surface area (Å²) in [5, 5.41) is 2.46. The van der Waals surface area contributed by atoms with E-state index >= 15 is 0 Å². The zero-order valence-electron chi connectivity index (χ0n) is 18.3. The van der Waals surface area contributed by atoms with Crippen LogP contribution in [0.2, 0.25) is 0 Å². The summed E-state index contributed by atoms with van der Waals surface area (Å²) in [5.74, 6) is -2.59. The monoisotopic (exact) mass is 477 g/mol. The summed E-state index contributed by atoms with van der Waals surface area (Å²) >= 11 is 0. The number of piperidine rings is 1. The van der Waals surface area contributed by atoms with Gasteiger partial charge < -0.3 is 10.2 Å². The third-order valence-electron chi connectivity index (χ3n) is 6.26. The molecule has 2 aromatic rings. The van der Waals surface area contributed by atoms with E-state index in [0.717, 1.165) is 23.4 Å². The van der Waals surface area contributed by atoms with Crippen LogP contribution in [0.4, 0.5) is 20.2 Å². The summed E-state index contributed by atoms with van der Waals surface area (Å²) in [6.07, 6.45) is 1.16. The maximum atomic E-state index is 13.8. The fraction of sp³-hybridized carbons (Fsp3) is 0.391. The number of fused-ring (bicyclic) bond motifs is 1. The van der Waals surface area contributed by atoms with Gasteiger partial charge in [0.1, 0.15) is 11.6 Å². The van der Waals surface area contributed by atoms with Crippen LogP contribution < -0.4 is 10.2 Å². The first kappa shape index (κ1) is 23.3. The van der Waals surface area contributed by atoms with Crippen molar-refractivity contribution in [2.75, 3.05) is 23.3 Å². The van der Waals surface area contributed by atoms with E-state index in [9.17, 15) is 26.8 Å². The van der Waals surface area contributed by atoms with E-state index in [1.807, 2.05) is 6.92 Å². The summed E-state index contributed by atoms with van der Waals surface area (Å²) in [6.45, 7) is 3.71. The van der Waals surface area contributed by atoms with E-state index in [4.69, 9.17) is 0 Å². The lowest BCUT2D eigenvalue weighted by atomic mass is 9.97. The van der Waals surface area contributed by atoms with Crippen LogP contribution in [0.25, 0.3) is 0 Å². The van der Waals surface area contributed by atoms with Crippen molar-refractivity contribution in [3.8, 4) is 0 Å². The molecule has 1 saturated heterocycles. The molecule has 2 heterocycles. The lowest BCUT2D eigenvalue weighted by Gasteiger charge is -2.30. The Morgan fingerprint density at radius 2 is 1.76 bits per heavy atom. The highest BCUT2D eigenvalue weighted by Crippen LogP contribution is 2.35. The van der Waals surface area contributed by atoms with Crippen molar-refractivity contribution in [2.24, 2.45) is 5.92 Å². The predicted molar refractivity (Wildman–Crippen MR) is 119 cm³/mol. The molecule has 10 heteroatoms.